The summed E-state index contributed by atoms with van der Waals surface area (Å²) >= 11 is 5.82. The van der Waals surface area contributed by atoms with Crippen LogP contribution in [0.2, 0.25) is 5.02 Å². The molecule has 0 bridgehead atoms. The lowest BCUT2D eigenvalue weighted by Crippen LogP contribution is -2.21. The molecule has 0 radical (unpaired) electrons. The number of carbonyl (C=O) groups is 1. The Balaban J connectivity index is 1.51. The largest absolute Gasteiger partial charge is 0.315 e. The molecule has 25 heavy (non-hydrogen) atoms. The molecule has 1 aliphatic heterocycles. The van der Waals surface area contributed by atoms with Crippen molar-refractivity contribution in [3.63, 3.8) is 0 Å². The first kappa shape index (κ1) is 17.5. The second-order valence-corrected chi connectivity index (χ2v) is 6.64. The highest BCUT2D eigenvalue weighted by atomic mass is 35.5. The van der Waals surface area contributed by atoms with E-state index in [-0.39, 0.29) is 5.91 Å². The van der Waals surface area contributed by atoms with Crippen molar-refractivity contribution in [1.29, 1.82) is 0 Å². The summed E-state index contributed by atoms with van der Waals surface area (Å²) in [5.41, 5.74) is 2.83. The average Bonchev–Trinajstić information content (AvgIpc) is 3.15. The first-order chi connectivity index (χ1) is 12.2. The smallest absolute Gasteiger partial charge is 0.300 e. The molecule has 1 saturated heterocycles. The van der Waals surface area contributed by atoms with Gasteiger partial charge in [-0.1, -0.05) is 29.7 Å². The van der Waals surface area contributed by atoms with Gasteiger partial charge < -0.3 is 10.2 Å². The third-order valence-corrected chi connectivity index (χ3v) is 4.54. The van der Waals surface area contributed by atoms with Gasteiger partial charge in [0.05, 0.1) is 0 Å². The van der Waals surface area contributed by atoms with Crippen LogP contribution in [0.25, 0.3) is 0 Å². The summed E-state index contributed by atoms with van der Waals surface area (Å²) in [5, 5.41) is 3.36. The molecule has 0 saturated carbocycles. The van der Waals surface area contributed by atoms with Crippen molar-refractivity contribution in [2.45, 2.75) is 19.3 Å². The first-order valence-electron chi connectivity index (χ1n) is 8.59. The van der Waals surface area contributed by atoms with Crippen LogP contribution in [0.5, 0.6) is 0 Å². The molecule has 0 aromatic heterocycles. The lowest BCUT2D eigenvalue weighted by molar-refractivity contribution is -0.111. The predicted molar refractivity (Wildman–Crippen MR) is 103 cm³/mol. The Morgan fingerprint density at radius 3 is 2.40 bits per heavy atom. The number of likely N-dealkylation sites (tertiary alicyclic amines) is 1. The van der Waals surface area contributed by atoms with E-state index in [1.54, 1.807) is 24.3 Å². The Kier molecular flexibility index (Phi) is 6.11. The van der Waals surface area contributed by atoms with E-state index in [9.17, 15) is 4.79 Å². The maximum atomic E-state index is 11.9. The molecule has 1 fully saturated rings. The maximum absolute atomic E-state index is 11.9. The van der Waals surface area contributed by atoms with E-state index in [0.717, 1.165) is 18.5 Å². The van der Waals surface area contributed by atoms with Crippen molar-refractivity contribution >= 4 is 23.2 Å². The number of hydrogen-bond donors (Lipinski definition) is 1. The van der Waals surface area contributed by atoms with Gasteiger partial charge in [-0.25, -0.2) is 0 Å². The van der Waals surface area contributed by atoms with Crippen LogP contribution in [0.4, 0.5) is 5.69 Å². The standard InChI is InChI=1S/C21H21ClN2O/c22-19-8-10-20(11-9-19)23-21(25)12-7-17-3-5-18(6-4-17)13-16-24-14-1-2-15-24/h3-6,8-11H,1-2,13-16H2,(H,23,25). The molecule has 3 nitrogen and oxygen atoms in total. The van der Waals surface area contributed by atoms with Crippen LogP contribution < -0.4 is 5.32 Å². The van der Waals surface area contributed by atoms with E-state index < -0.39 is 0 Å². The van der Waals surface area contributed by atoms with Crippen LogP contribution in [0.1, 0.15) is 24.0 Å². The highest BCUT2D eigenvalue weighted by Gasteiger charge is 2.10. The van der Waals surface area contributed by atoms with Gasteiger partial charge in [0.2, 0.25) is 0 Å². The average molecular weight is 353 g/mol. The normalized spacial score (nSPS) is 14.0. The summed E-state index contributed by atoms with van der Waals surface area (Å²) in [6.45, 7) is 3.58. The quantitative estimate of drug-likeness (QED) is 0.844. The summed E-state index contributed by atoms with van der Waals surface area (Å²) in [5.74, 6) is 5.19. The molecular formula is C21H21ClN2O. The van der Waals surface area contributed by atoms with Crippen LogP contribution in [-0.4, -0.2) is 30.4 Å². The highest BCUT2D eigenvalue weighted by molar-refractivity contribution is 6.30. The minimum Gasteiger partial charge on any atom is -0.315 e. The van der Waals surface area contributed by atoms with Gasteiger partial charge >= 0.3 is 5.91 Å². The van der Waals surface area contributed by atoms with Crippen LogP contribution >= 0.6 is 11.6 Å². The maximum Gasteiger partial charge on any atom is 0.300 e. The fourth-order valence-electron chi connectivity index (χ4n) is 2.87. The van der Waals surface area contributed by atoms with Crippen molar-refractivity contribution in [3.05, 3.63) is 64.7 Å². The second kappa shape index (κ2) is 8.71. The van der Waals surface area contributed by atoms with Gasteiger partial charge in [0, 0.05) is 28.7 Å². The van der Waals surface area contributed by atoms with E-state index in [0.29, 0.717) is 10.7 Å². The molecule has 128 valence electrons. The molecule has 3 rings (SSSR count). The van der Waals surface area contributed by atoms with Crippen LogP contribution in [0.3, 0.4) is 0 Å². The van der Waals surface area contributed by atoms with Crippen LogP contribution in [0, 0.1) is 11.8 Å². The predicted octanol–water partition coefficient (Wildman–Crippen LogP) is 3.97. The Hall–Kier alpha value is -2.28. The zero-order chi connectivity index (χ0) is 17.5. The van der Waals surface area contributed by atoms with E-state index in [1.807, 2.05) is 12.1 Å². The number of benzene rings is 2. The first-order valence-corrected chi connectivity index (χ1v) is 8.97. The number of halogens is 1. The molecular weight excluding hydrogens is 332 g/mol. The van der Waals surface area contributed by atoms with Gasteiger partial charge in [-0.3, -0.25) is 4.79 Å². The van der Waals surface area contributed by atoms with Crippen molar-refractivity contribution in [3.8, 4) is 11.8 Å². The number of nitrogens with zero attached hydrogens (tertiary/aromatic N) is 1. The molecule has 1 aliphatic rings. The van der Waals surface area contributed by atoms with Gasteiger partial charge in [-0.05, 0) is 74.3 Å². The number of amides is 1. The zero-order valence-electron chi connectivity index (χ0n) is 14.1. The molecule has 0 atom stereocenters. The van der Waals surface area contributed by atoms with Crippen LogP contribution in [-0.2, 0) is 11.2 Å². The third-order valence-electron chi connectivity index (χ3n) is 4.29. The van der Waals surface area contributed by atoms with Gasteiger partial charge in [0.25, 0.3) is 0 Å². The van der Waals surface area contributed by atoms with E-state index in [1.165, 1.54) is 31.5 Å². The number of rotatable bonds is 4. The summed E-state index contributed by atoms with van der Waals surface area (Å²) in [6.07, 6.45) is 3.71. The number of carbonyl (C=O) groups excluding carboxylic acids is 1. The van der Waals surface area contributed by atoms with Crippen molar-refractivity contribution in [2.75, 3.05) is 25.0 Å². The highest BCUT2D eigenvalue weighted by Crippen LogP contribution is 2.13. The Labute approximate surface area is 154 Å². The topological polar surface area (TPSA) is 32.3 Å². The van der Waals surface area contributed by atoms with Crippen molar-refractivity contribution in [2.24, 2.45) is 0 Å². The minimum atomic E-state index is -0.333. The summed E-state index contributed by atoms with van der Waals surface area (Å²) < 4.78 is 0. The molecule has 0 spiro atoms. The number of hydrogen-bond acceptors (Lipinski definition) is 2. The molecule has 4 heteroatoms. The zero-order valence-corrected chi connectivity index (χ0v) is 14.9. The Morgan fingerprint density at radius 2 is 1.72 bits per heavy atom. The van der Waals surface area contributed by atoms with Gasteiger partial charge in [0.15, 0.2) is 0 Å². The molecule has 1 N–H and O–H groups in total. The lowest BCUT2D eigenvalue weighted by atomic mass is 10.1. The minimum absolute atomic E-state index is 0.333. The molecule has 2 aromatic rings. The summed E-state index contributed by atoms with van der Waals surface area (Å²) in [4.78, 5) is 14.4. The Bertz CT molecular complexity index is 766. The number of anilines is 1. The third kappa shape index (κ3) is 5.63. The summed E-state index contributed by atoms with van der Waals surface area (Å²) in [6, 6.07) is 15.1. The van der Waals surface area contributed by atoms with E-state index >= 15 is 0 Å². The van der Waals surface area contributed by atoms with Gasteiger partial charge in [0.1, 0.15) is 0 Å². The van der Waals surface area contributed by atoms with Crippen molar-refractivity contribution in [1.82, 2.24) is 4.90 Å². The van der Waals surface area contributed by atoms with Gasteiger partial charge in [-0.2, -0.15) is 0 Å². The SMILES string of the molecule is O=C(C#Cc1ccc(CCN2CCCC2)cc1)Nc1ccc(Cl)cc1. The van der Waals surface area contributed by atoms with Gasteiger partial charge in [-0.15, -0.1) is 0 Å². The van der Waals surface area contributed by atoms with Crippen molar-refractivity contribution < 1.29 is 4.79 Å². The Morgan fingerprint density at radius 1 is 1.04 bits per heavy atom. The fraction of sp³-hybridized carbons (Fsp3) is 0.286. The molecule has 2 aromatic carbocycles. The van der Waals surface area contributed by atoms with E-state index in [2.05, 4.69) is 34.2 Å². The monoisotopic (exact) mass is 352 g/mol. The molecule has 0 aliphatic carbocycles. The fourth-order valence-corrected chi connectivity index (χ4v) is 3.00. The molecule has 1 amide bonds. The lowest BCUT2D eigenvalue weighted by Gasteiger charge is -2.13. The van der Waals surface area contributed by atoms with Crippen LogP contribution in [0.15, 0.2) is 48.5 Å². The van der Waals surface area contributed by atoms with E-state index in [4.69, 9.17) is 11.6 Å². The number of nitrogens with one attached hydrogen (secondary N) is 1. The molecule has 0 unspecified atom stereocenters. The second-order valence-electron chi connectivity index (χ2n) is 6.21. The summed E-state index contributed by atoms with van der Waals surface area (Å²) in [7, 11) is 0. The molecule has 1 heterocycles.